The minimum Gasteiger partial charge on any atom is -0.506 e. The van der Waals surface area contributed by atoms with E-state index in [1.165, 1.54) is 0 Å². The van der Waals surface area contributed by atoms with Crippen LogP contribution in [0.3, 0.4) is 0 Å². The van der Waals surface area contributed by atoms with Gasteiger partial charge in [0.1, 0.15) is 5.75 Å². The van der Waals surface area contributed by atoms with Gasteiger partial charge in [0.2, 0.25) is 11.8 Å². The van der Waals surface area contributed by atoms with E-state index in [1.807, 2.05) is 19.9 Å². The molecule has 0 bridgehead atoms. The molecule has 1 saturated carbocycles. The van der Waals surface area contributed by atoms with Crippen molar-refractivity contribution in [1.82, 2.24) is 20.1 Å². The van der Waals surface area contributed by atoms with Crippen molar-refractivity contribution in [3.63, 3.8) is 0 Å². The lowest BCUT2D eigenvalue weighted by atomic mass is 9.90. The van der Waals surface area contributed by atoms with Crippen molar-refractivity contribution in [2.45, 2.75) is 45.6 Å². The van der Waals surface area contributed by atoms with Crippen LogP contribution in [0.4, 0.5) is 0 Å². The van der Waals surface area contributed by atoms with Gasteiger partial charge in [-0.2, -0.15) is 0 Å². The molecule has 6 heteroatoms. The zero-order valence-corrected chi connectivity index (χ0v) is 13.6. The molecule has 2 aromatic heterocycles. The van der Waals surface area contributed by atoms with E-state index in [2.05, 4.69) is 20.1 Å². The number of hydrogen-bond donors (Lipinski definition) is 1. The number of hydrogen-bond acceptors (Lipinski definition) is 6. The average Bonchev–Trinajstić information content (AvgIpc) is 3.05. The highest BCUT2D eigenvalue weighted by Crippen LogP contribution is 2.64. The number of pyridine rings is 1. The van der Waals surface area contributed by atoms with Crippen LogP contribution in [0.25, 0.3) is 0 Å². The SMILES string of the molecule is Cc1ccc(O)c(CN2CCC3(CC2)CC3c2nnc(C)o2)n1. The molecular formula is C17H22N4O2. The molecule has 4 rings (SSSR count). The minimum atomic E-state index is 0.293. The normalized spacial score (nSPS) is 23.3. The van der Waals surface area contributed by atoms with Crippen molar-refractivity contribution < 1.29 is 9.52 Å². The Balaban J connectivity index is 1.38. The Bertz CT molecular complexity index is 719. The smallest absolute Gasteiger partial charge is 0.220 e. The van der Waals surface area contributed by atoms with Crippen molar-refractivity contribution in [2.24, 2.45) is 5.41 Å². The van der Waals surface area contributed by atoms with E-state index in [4.69, 9.17) is 4.42 Å². The summed E-state index contributed by atoms with van der Waals surface area (Å²) in [4.78, 5) is 6.84. The number of aryl methyl sites for hydroxylation is 2. The van der Waals surface area contributed by atoms with Crippen LogP contribution in [0.2, 0.25) is 0 Å². The largest absolute Gasteiger partial charge is 0.506 e. The Morgan fingerprint density at radius 2 is 2.04 bits per heavy atom. The number of aromatic nitrogens is 3. The predicted octanol–water partition coefficient (Wildman–Crippen LogP) is 2.56. The van der Waals surface area contributed by atoms with Gasteiger partial charge < -0.3 is 9.52 Å². The van der Waals surface area contributed by atoms with Crippen LogP contribution < -0.4 is 0 Å². The average molecular weight is 314 g/mol. The molecule has 1 aliphatic carbocycles. The molecular weight excluding hydrogens is 292 g/mol. The van der Waals surface area contributed by atoms with E-state index in [0.717, 1.165) is 49.6 Å². The fourth-order valence-electron chi connectivity index (χ4n) is 3.79. The second-order valence-corrected chi connectivity index (χ2v) is 6.97. The molecule has 3 heterocycles. The molecule has 0 radical (unpaired) electrons. The highest BCUT2D eigenvalue weighted by Gasteiger charge is 2.58. The molecule has 1 atom stereocenters. The maximum atomic E-state index is 9.96. The van der Waals surface area contributed by atoms with Crippen LogP contribution >= 0.6 is 0 Å². The Hall–Kier alpha value is -1.95. The van der Waals surface area contributed by atoms with Gasteiger partial charge in [0, 0.05) is 25.1 Å². The van der Waals surface area contributed by atoms with Crippen LogP contribution in [0.5, 0.6) is 5.75 Å². The van der Waals surface area contributed by atoms with Crippen molar-refractivity contribution in [1.29, 1.82) is 0 Å². The number of piperidine rings is 1. The highest BCUT2D eigenvalue weighted by molar-refractivity contribution is 5.27. The van der Waals surface area contributed by atoms with Crippen LogP contribution in [0.1, 0.15) is 48.3 Å². The number of likely N-dealkylation sites (tertiary alicyclic amines) is 1. The standard InChI is InChI=1S/C17H22N4O2/c1-11-3-4-15(22)14(18-11)10-21-7-5-17(6-8-21)9-13(17)16-20-19-12(2)23-16/h3-4,13,22H,5-10H2,1-2H3. The van der Waals surface area contributed by atoms with Crippen molar-refractivity contribution in [3.8, 4) is 5.75 Å². The first-order valence-electron chi connectivity index (χ1n) is 8.24. The summed E-state index contributed by atoms with van der Waals surface area (Å²) < 4.78 is 5.61. The Labute approximate surface area is 135 Å². The molecule has 2 aliphatic rings. The van der Waals surface area contributed by atoms with Gasteiger partial charge in [0.15, 0.2) is 0 Å². The zero-order valence-electron chi connectivity index (χ0n) is 13.6. The Kier molecular flexibility index (Phi) is 3.37. The van der Waals surface area contributed by atoms with Gasteiger partial charge in [-0.05, 0) is 56.8 Å². The van der Waals surface area contributed by atoms with Gasteiger partial charge in [-0.3, -0.25) is 9.88 Å². The van der Waals surface area contributed by atoms with Gasteiger partial charge in [0.05, 0.1) is 5.69 Å². The van der Waals surface area contributed by atoms with Crippen molar-refractivity contribution in [2.75, 3.05) is 13.1 Å². The summed E-state index contributed by atoms with van der Waals surface area (Å²) in [5, 5.41) is 18.1. The van der Waals surface area contributed by atoms with E-state index < -0.39 is 0 Å². The molecule has 0 aromatic carbocycles. The second-order valence-electron chi connectivity index (χ2n) is 6.97. The fraction of sp³-hybridized carbons (Fsp3) is 0.588. The van der Waals surface area contributed by atoms with Crippen LogP contribution in [0.15, 0.2) is 16.5 Å². The summed E-state index contributed by atoms with van der Waals surface area (Å²) in [6.45, 7) is 6.57. The van der Waals surface area contributed by atoms with Gasteiger partial charge >= 0.3 is 0 Å². The van der Waals surface area contributed by atoms with E-state index in [9.17, 15) is 5.11 Å². The first kappa shape index (κ1) is 14.6. The van der Waals surface area contributed by atoms with Gasteiger partial charge in [0.25, 0.3) is 0 Å². The van der Waals surface area contributed by atoms with E-state index in [1.54, 1.807) is 6.07 Å². The minimum absolute atomic E-state index is 0.293. The summed E-state index contributed by atoms with van der Waals surface area (Å²) in [6.07, 6.45) is 3.45. The molecule has 1 aliphatic heterocycles. The third-order valence-corrected chi connectivity index (χ3v) is 5.34. The maximum absolute atomic E-state index is 9.96. The van der Waals surface area contributed by atoms with Crippen LogP contribution in [-0.2, 0) is 6.54 Å². The molecule has 2 aromatic rings. The highest BCUT2D eigenvalue weighted by atomic mass is 16.4. The lowest BCUT2D eigenvalue weighted by molar-refractivity contribution is 0.157. The zero-order chi connectivity index (χ0) is 16.0. The van der Waals surface area contributed by atoms with Gasteiger partial charge in [-0.15, -0.1) is 10.2 Å². The molecule has 0 amide bonds. The number of rotatable bonds is 3. The van der Waals surface area contributed by atoms with Crippen molar-refractivity contribution >= 4 is 0 Å². The van der Waals surface area contributed by atoms with Gasteiger partial charge in [-0.1, -0.05) is 0 Å². The molecule has 23 heavy (non-hydrogen) atoms. The number of nitrogens with zero attached hydrogens (tertiary/aromatic N) is 4. The molecule has 1 unspecified atom stereocenters. The van der Waals surface area contributed by atoms with E-state index in [0.29, 0.717) is 29.5 Å². The van der Waals surface area contributed by atoms with Crippen LogP contribution in [0, 0.1) is 19.3 Å². The van der Waals surface area contributed by atoms with Crippen molar-refractivity contribution in [3.05, 3.63) is 35.3 Å². The molecule has 2 fully saturated rings. The summed E-state index contributed by atoms with van der Waals surface area (Å²) >= 11 is 0. The molecule has 122 valence electrons. The molecule has 1 saturated heterocycles. The first-order valence-corrected chi connectivity index (χ1v) is 8.24. The third-order valence-electron chi connectivity index (χ3n) is 5.34. The Morgan fingerprint density at radius 1 is 1.26 bits per heavy atom. The summed E-state index contributed by atoms with van der Waals surface area (Å²) in [5.41, 5.74) is 2.08. The Morgan fingerprint density at radius 3 is 2.74 bits per heavy atom. The predicted molar refractivity (Wildman–Crippen MR) is 84.0 cm³/mol. The molecule has 1 spiro atoms. The molecule has 6 nitrogen and oxygen atoms in total. The van der Waals surface area contributed by atoms with Crippen LogP contribution in [-0.4, -0.2) is 38.3 Å². The quantitative estimate of drug-likeness (QED) is 0.938. The topological polar surface area (TPSA) is 75.3 Å². The van der Waals surface area contributed by atoms with E-state index >= 15 is 0 Å². The summed E-state index contributed by atoms with van der Waals surface area (Å²) in [5.74, 6) is 2.20. The molecule has 1 N–H and O–H groups in total. The third kappa shape index (κ3) is 2.72. The lowest BCUT2D eigenvalue weighted by Crippen LogP contribution is -2.34. The monoisotopic (exact) mass is 314 g/mol. The second kappa shape index (κ2) is 5.30. The number of aromatic hydroxyl groups is 1. The fourth-order valence-corrected chi connectivity index (χ4v) is 3.79. The van der Waals surface area contributed by atoms with E-state index in [-0.39, 0.29) is 0 Å². The summed E-state index contributed by atoms with van der Waals surface area (Å²) in [6, 6.07) is 3.57. The van der Waals surface area contributed by atoms with Gasteiger partial charge in [-0.25, -0.2) is 0 Å². The maximum Gasteiger partial charge on any atom is 0.220 e. The first-order chi connectivity index (χ1) is 11.1. The lowest BCUT2D eigenvalue weighted by Gasteiger charge is -2.32. The summed E-state index contributed by atoms with van der Waals surface area (Å²) in [7, 11) is 0.